The van der Waals surface area contributed by atoms with E-state index in [0.29, 0.717) is 0 Å². The molecular formula is C14H19NO. The summed E-state index contributed by atoms with van der Waals surface area (Å²) in [7, 11) is 0. The monoisotopic (exact) mass is 217 g/mol. The summed E-state index contributed by atoms with van der Waals surface area (Å²) in [5.74, 6) is 0.132. The fraction of sp³-hybridized carbons (Fsp3) is 0.500. The summed E-state index contributed by atoms with van der Waals surface area (Å²) in [6, 6.07) is 7.96. The third-order valence-corrected chi connectivity index (χ3v) is 3.49. The maximum Gasteiger partial charge on any atom is 0.159 e. The van der Waals surface area contributed by atoms with Crippen LogP contribution in [-0.4, -0.2) is 17.9 Å². The Balaban J connectivity index is 2.25. The van der Waals surface area contributed by atoms with Gasteiger partial charge in [-0.05, 0) is 57.9 Å². The number of Topliss-reactive ketones (excluding diaryl/α,β-unsaturated/α-hetero) is 1. The van der Waals surface area contributed by atoms with Crippen LogP contribution in [0.3, 0.4) is 0 Å². The van der Waals surface area contributed by atoms with Crippen molar-refractivity contribution in [3.63, 3.8) is 0 Å². The van der Waals surface area contributed by atoms with Crippen LogP contribution in [0.5, 0.6) is 0 Å². The van der Waals surface area contributed by atoms with Crippen LogP contribution in [0, 0.1) is 0 Å². The van der Waals surface area contributed by atoms with Crippen molar-refractivity contribution in [3.05, 3.63) is 29.8 Å². The van der Waals surface area contributed by atoms with Crippen LogP contribution in [0.15, 0.2) is 24.3 Å². The summed E-state index contributed by atoms with van der Waals surface area (Å²) in [4.78, 5) is 13.6. The molecule has 1 heterocycles. The highest BCUT2D eigenvalue weighted by Gasteiger charge is 2.31. The van der Waals surface area contributed by atoms with E-state index < -0.39 is 0 Å². The lowest BCUT2D eigenvalue weighted by Gasteiger charge is -2.33. The van der Waals surface area contributed by atoms with E-state index in [1.165, 1.54) is 18.5 Å². The highest BCUT2D eigenvalue weighted by atomic mass is 16.1. The number of rotatable bonds is 2. The molecule has 0 N–H and O–H groups in total. The molecule has 0 spiro atoms. The number of hydrogen-bond acceptors (Lipinski definition) is 2. The predicted molar refractivity (Wildman–Crippen MR) is 67.1 cm³/mol. The van der Waals surface area contributed by atoms with Gasteiger partial charge in [-0.2, -0.15) is 0 Å². The number of carbonyl (C=O) groups is 1. The summed E-state index contributed by atoms with van der Waals surface area (Å²) in [6.07, 6.45) is 2.49. The van der Waals surface area contributed by atoms with Crippen LogP contribution in [0.1, 0.15) is 44.0 Å². The van der Waals surface area contributed by atoms with Gasteiger partial charge < -0.3 is 4.90 Å². The van der Waals surface area contributed by atoms with Crippen molar-refractivity contribution in [1.29, 1.82) is 0 Å². The summed E-state index contributed by atoms with van der Waals surface area (Å²) in [6.45, 7) is 7.28. The first-order valence-electron chi connectivity index (χ1n) is 5.89. The van der Waals surface area contributed by atoms with Crippen molar-refractivity contribution in [2.24, 2.45) is 0 Å². The van der Waals surface area contributed by atoms with E-state index in [-0.39, 0.29) is 11.3 Å². The van der Waals surface area contributed by atoms with E-state index in [1.54, 1.807) is 6.92 Å². The smallest absolute Gasteiger partial charge is 0.159 e. The van der Waals surface area contributed by atoms with Crippen LogP contribution in [0.2, 0.25) is 0 Å². The molecule has 16 heavy (non-hydrogen) atoms. The SMILES string of the molecule is CC(=O)c1ccc(N2CCCC2(C)C)cc1. The van der Waals surface area contributed by atoms with Gasteiger partial charge >= 0.3 is 0 Å². The Morgan fingerprint density at radius 3 is 2.31 bits per heavy atom. The number of benzene rings is 1. The molecule has 0 aliphatic carbocycles. The zero-order valence-corrected chi connectivity index (χ0v) is 10.3. The minimum Gasteiger partial charge on any atom is -0.366 e. The van der Waals surface area contributed by atoms with Crippen LogP contribution < -0.4 is 4.90 Å². The van der Waals surface area contributed by atoms with Gasteiger partial charge in [-0.1, -0.05) is 0 Å². The second-order valence-electron chi connectivity index (χ2n) is 5.17. The van der Waals surface area contributed by atoms with E-state index in [4.69, 9.17) is 0 Å². The zero-order valence-electron chi connectivity index (χ0n) is 10.3. The lowest BCUT2D eigenvalue weighted by molar-refractivity contribution is 0.101. The zero-order chi connectivity index (χ0) is 11.8. The molecule has 2 nitrogen and oxygen atoms in total. The van der Waals surface area contributed by atoms with E-state index in [0.717, 1.165) is 12.1 Å². The summed E-state index contributed by atoms with van der Waals surface area (Å²) in [5, 5.41) is 0. The van der Waals surface area contributed by atoms with Gasteiger partial charge in [0.15, 0.2) is 5.78 Å². The summed E-state index contributed by atoms with van der Waals surface area (Å²) >= 11 is 0. The van der Waals surface area contributed by atoms with Gasteiger partial charge in [-0.25, -0.2) is 0 Å². The summed E-state index contributed by atoms with van der Waals surface area (Å²) < 4.78 is 0. The normalized spacial score (nSPS) is 18.8. The number of nitrogens with zero attached hydrogens (tertiary/aromatic N) is 1. The lowest BCUT2D eigenvalue weighted by Crippen LogP contribution is -2.38. The molecule has 0 unspecified atom stereocenters. The van der Waals surface area contributed by atoms with Gasteiger partial charge in [0.2, 0.25) is 0 Å². The Kier molecular flexibility index (Phi) is 2.75. The molecule has 1 aliphatic rings. The first-order chi connectivity index (χ1) is 7.50. The van der Waals surface area contributed by atoms with E-state index in [1.807, 2.05) is 12.1 Å². The van der Waals surface area contributed by atoms with Gasteiger partial charge in [0.25, 0.3) is 0 Å². The topological polar surface area (TPSA) is 20.3 Å². The van der Waals surface area contributed by atoms with Gasteiger partial charge in [0.1, 0.15) is 0 Å². The molecule has 0 atom stereocenters. The summed E-state index contributed by atoms with van der Waals surface area (Å²) in [5.41, 5.74) is 2.27. The highest BCUT2D eigenvalue weighted by molar-refractivity contribution is 5.94. The van der Waals surface area contributed by atoms with Gasteiger partial charge in [0, 0.05) is 23.3 Å². The Bertz CT molecular complexity index is 392. The van der Waals surface area contributed by atoms with Gasteiger partial charge in [-0.3, -0.25) is 4.79 Å². The lowest BCUT2D eigenvalue weighted by atomic mass is 10.0. The molecule has 1 aromatic carbocycles. The van der Waals surface area contributed by atoms with Crippen molar-refractivity contribution in [2.75, 3.05) is 11.4 Å². The molecule has 0 saturated carbocycles. The minimum absolute atomic E-state index is 0.132. The molecule has 2 rings (SSSR count). The Morgan fingerprint density at radius 2 is 1.88 bits per heavy atom. The van der Waals surface area contributed by atoms with Crippen molar-refractivity contribution >= 4 is 11.5 Å². The van der Waals surface area contributed by atoms with Crippen molar-refractivity contribution in [2.45, 2.75) is 39.2 Å². The maximum absolute atomic E-state index is 11.2. The fourth-order valence-corrected chi connectivity index (χ4v) is 2.46. The van der Waals surface area contributed by atoms with Crippen LogP contribution in [0.4, 0.5) is 5.69 Å². The molecule has 0 bridgehead atoms. The number of hydrogen-bond donors (Lipinski definition) is 0. The molecule has 0 radical (unpaired) electrons. The number of anilines is 1. The molecule has 1 fully saturated rings. The Morgan fingerprint density at radius 1 is 1.25 bits per heavy atom. The molecule has 86 valence electrons. The fourth-order valence-electron chi connectivity index (χ4n) is 2.46. The third-order valence-electron chi connectivity index (χ3n) is 3.49. The van der Waals surface area contributed by atoms with Crippen LogP contribution in [0.25, 0.3) is 0 Å². The first kappa shape index (κ1) is 11.2. The van der Waals surface area contributed by atoms with Crippen LogP contribution in [-0.2, 0) is 0 Å². The largest absolute Gasteiger partial charge is 0.366 e. The second kappa shape index (κ2) is 3.93. The van der Waals surface area contributed by atoms with Crippen LogP contribution >= 0.6 is 0 Å². The average Bonchev–Trinajstić information content (AvgIpc) is 2.58. The number of carbonyl (C=O) groups excluding carboxylic acids is 1. The molecule has 1 saturated heterocycles. The van der Waals surface area contributed by atoms with E-state index >= 15 is 0 Å². The highest BCUT2D eigenvalue weighted by Crippen LogP contribution is 2.33. The minimum atomic E-state index is 0.132. The first-order valence-corrected chi connectivity index (χ1v) is 5.89. The molecule has 1 aliphatic heterocycles. The molecule has 0 amide bonds. The Labute approximate surface area is 97.3 Å². The average molecular weight is 217 g/mol. The second-order valence-corrected chi connectivity index (χ2v) is 5.17. The Hall–Kier alpha value is -1.31. The standard InChI is InChI=1S/C14H19NO/c1-11(16)12-5-7-13(8-6-12)15-10-4-9-14(15,2)3/h5-8H,4,9-10H2,1-3H3. The van der Waals surface area contributed by atoms with Crippen molar-refractivity contribution < 1.29 is 4.79 Å². The molecule has 0 aromatic heterocycles. The predicted octanol–water partition coefficient (Wildman–Crippen LogP) is 3.27. The van der Waals surface area contributed by atoms with E-state index in [9.17, 15) is 4.79 Å². The van der Waals surface area contributed by atoms with Crippen molar-refractivity contribution in [1.82, 2.24) is 0 Å². The molecule has 1 aromatic rings. The van der Waals surface area contributed by atoms with Crippen molar-refractivity contribution in [3.8, 4) is 0 Å². The van der Waals surface area contributed by atoms with E-state index in [2.05, 4.69) is 30.9 Å². The van der Waals surface area contributed by atoms with Gasteiger partial charge in [0.05, 0.1) is 0 Å². The number of ketones is 1. The van der Waals surface area contributed by atoms with Gasteiger partial charge in [-0.15, -0.1) is 0 Å². The quantitative estimate of drug-likeness (QED) is 0.709. The molecular weight excluding hydrogens is 198 g/mol. The maximum atomic E-state index is 11.2. The third kappa shape index (κ3) is 1.97. The molecule has 2 heteroatoms.